The molecule has 2 aromatic rings. The maximum absolute atomic E-state index is 6.29. The molecule has 1 atom stereocenters. The van der Waals surface area contributed by atoms with Crippen molar-refractivity contribution in [2.75, 3.05) is 7.11 Å². The van der Waals surface area contributed by atoms with Crippen LogP contribution in [0.2, 0.25) is 0 Å². The zero-order valence-electron chi connectivity index (χ0n) is 10.6. The fourth-order valence-corrected chi connectivity index (χ4v) is 2.72. The summed E-state index contributed by atoms with van der Waals surface area (Å²) < 4.78 is 7.33. The van der Waals surface area contributed by atoms with Crippen molar-refractivity contribution in [2.45, 2.75) is 12.5 Å². The van der Waals surface area contributed by atoms with Crippen molar-refractivity contribution in [3.05, 3.63) is 62.5 Å². The molecule has 19 heavy (non-hydrogen) atoms. The lowest BCUT2D eigenvalue weighted by Gasteiger charge is -2.15. The fraction of sp³-hybridized carbons (Fsp3) is 0.200. The lowest BCUT2D eigenvalue weighted by molar-refractivity contribution is 0.413. The van der Waals surface area contributed by atoms with Gasteiger partial charge in [-0.1, -0.05) is 44.0 Å². The van der Waals surface area contributed by atoms with Gasteiger partial charge in [-0.25, -0.2) is 0 Å². The number of nitrogens with two attached hydrogens (primary N) is 1. The predicted octanol–water partition coefficient (Wildman–Crippen LogP) is 4.46. The predicted molar refractivity (Wildman–Crippen MR) is 85.5 cm³/mol. The second kappa shape index (κ2) is 6.55. The summed E-state index contributed by atoms with van der Waals surface area (Å²) in [4.78, 5) is 0. The zero-order valence-corrected chi connectivity index (χ0v) is 13.7. The lowest BCUT2D eigenvalue weighted by Crippen LogP contribution is -2.14. The van der Waals surface area contributed by atoms with E-state index in [1.807, 2.05) is 30.3 Å². The van der Waals surface area contributed by atoms with Gasteiger partial charge in [0.2, 0.25) is 0 Å². The highest BCUT2D eigenvalue weighted by atomic mass is 79.9. The van der Waals surface area contributed by atoms with Crippen LogP contribution in [0.4, 0.5) is 0 Å². The number of halogens is 2. The molecule has 0 aliphatic carbocycles. The van der Waals surface area contributed by atoms with Gasteiger partial charge in [0.1, 0.15) is 5.75 Å². The second-order valence-corrected chi connectivity index (χ2v) is 6.09. The first-order valence-electron chi connectivity index (χ1n) is 5.93. The monoisotopic (exact) mass is 383 g/mol. The van der Waals surface area contributed by atoms with Gasteiger partial charge in [0.25, 0.3) is 0 Å². The third-order valence-electron chi connectivity index (χ3n) is 2.97. The highest BCUT2D eigenvalue weighted by Crippen LogP contribution is 2.28. The van der Waals surface area contributed by atoms with Crippen molar-refractivity contribution >= 4 is 31.9 Å². The Morgan fingerprint density at radius 1 is 1.11 bits per heavy atom. The molecule has 0 saturated heterocycles. The third-order valence-corrected chi connectivity index (χ3v) is 4.22. The molecule has 2 rings (SSSR count). The Morgan fingerprint density at radius 2 is 1.79 bits per heavy atom. The number of rotatable bonds is 4. The summed E-state index contributed by atoms with van der Waals surface area (Å²) in [7, 11) is 1.66. The van der Waals surface area contributed by atoms with Gasteiger partial charge in [-0.05, 0) is 47.9 Å². The minimum atomic E-state index is -0.0642. The Hall–Kier alpha value is -0.840. The molecule has 0 amide bonds. The van der Waals surface area contributed by atoms with Crippen molar-refractivity contribution in [1.29, 1.82) is 0 Å². The number of ether oxygens (including phenoxy) is 1. The Kier molecular flexibility index (Phi) is 5.02. The Balaban J connectivity index is 2.19. The maximum Gasteiger partial charge on any atom is 0.119 e. The van der Waals surface area contributed by atoms with Gasteiger partial charge >= 0.3 is 0 Å². The average Bonchev–Trinajstić information content (AvgIpc) is 2.42. The van der Waals surface area contributed by atoms with E-state index in [-0.39, 0.29) is 6.04 Å². The van der Waals surface area contributed by atoms with E-state index in [1.54, 1.807) is 7.11 Å². The van der Waals surface area contributed by atoms with Crippen LogP contribution in [0.5, 0.6) is 5.75 Å². The molecule has 0 spiro atoms. The first kappa shape index (κ1) is 14.6. The first-order chi connectivity index (χ1) is 9.10. The fourth-order valence-electron chi connectivity index (χ4n) is 1.92. The summed E-state index contributed by atoms with van der Waals surface area (Å²) in [6.07, 6.45) is 0.791. The number of hydrogen-bond acceptors (Lipinski definition) is 2. The molecule has 0 saturated carbocycles. The smallest absolute Gasteiger partial charge is 0.119 e. The van der Waals surface area contributed by atoms with Crippen LogP contribution in [0.15, 0.2) is 51.4 Å². The van der Waals surface area contributed by atoms with E-state index in [0.717, 1.165) is 26.7 Å². The highest BCUT2D eigenvalue weighted by molar-refractivity contribution is 9.10. The van der Waals surface area contributed by atoms with Gasteiger partial charge in [0, 0.05) is 15.0 Å². The molecular formula is C15H15Br2NO. The number of benzene rings is 2. The second-order valence-electron chi connectivity index (χ2n) is 4.32. The molecule has 2 N–H and O–H groups in total. The summed E-state index contributed by atoms with van der Waals surface area (Å²) in [5.41, 5.74) is 8.56. The molecule has 100 valence electrons. The molecule has 2 aromatic carbocycles. The van der Waals surface area contributed by atoms with Crippen LogP contribution >= 0.6 is 31.9 Å². The van der Waals surface area contributed by atoms with E-state index in [1.165, 1.54) is 5.56 Å². The van der Waals surface area contributed by atoms with Gasteiger partial charge in [-0.3, -0.25) is 0 Å². The highest BCUT2D eigenvalue weighted by Gasteiger charge is 2.12. The topological polar surface area (TPSA) is 35.2 Å². The molecule has 0 aliphatic rings. The molecule has 1 unspecified atom stereocenters. The number of methoxy groups -OCH3 is 1. The summed E-state index contributed by atoms with van der Waals surface area (Å²) >= 11 is 6.97. The van der Waals surface area contributed by atoms with Crippen LogP contribution in [0.3, 0.4) is 0 Å². The van der Waals surface area contributed by atoms with E-state index >= 15 is 0 Å². The van der Waals surface area contributed by atoms with Crippen molar-refractivity contribution in [2.24, 2.45) is 5.73 Å². The first-order valence-corrected chi connectivity index (χ1v) is 7.52. The van der Waals surface area contributed by atoms with Crippen LogP contribution in [0.1, 0.15) is 17.2 Å². The van der Waals surface area contributed by atoms with Crippen LogP contribution in [-0.4, -0.2) is 7.11 Å². The van der Waals surface area contributed by atoms with E-state index in [9.17, 15) is 0 Å². The Morgan fingerprint density at radius 3 is 2.42 bits per heavy atom. The minimum Gasteiger partial charge on any atom is -0.497 e. The van der Waals surface area contributed by atoms with Crippen LogP contribution in [0.25, 0.3) is 0 Å². The van der Waals surface area contributed by atoms with E-state index in [0.29, 0.717) is 0 Å². The van der Waals surface area contributed by atoms with Gasteiger partial charge in [0.15, 0.2) is 0 Å². The molecule has 0 heterocycles. The van der Waals surface area contributed by atoms with E-state index in [4.69, 9.17) is 10.5 Å². The van der Waals surface area contributed by atoms with E-state index in [2.05, 4.69) is 44.0 Å². The minimum absolute atomic E-state index is 0.0642. The molecule has 0 aromatic heterocycles. The van der Waals surface area contributed by atoms with Crippen molar-refractivity contribution in [3.8, 4) is 5.75 Å². The summed E-state index contributed by atoms with van der Waals surface area (Å²) in [5.74, 6) is 0.824. The molecule has 0 radical (unpaired) electrons. The normalized spacial score (nSPS) is 12.2. The van der Waals surface area contributed by atoms with Crippen LogP contribution < -0.4 is 10.5 Å². The maximum atomic E-state index is 6.29. The quantitative estimate of drug-likeness (QED) is 0.844. The molecule has 4 heteroatoms. The zero-order chi connectivity index (χ0) is 13.8. The van der Waals surface area contributed by atoms with Crippen molar-refractivity contribution in [3.63, 3.8) is 0 Å². The number of hydrogen-bond donors (Lipinski definition) is 1. The Labute approximate surface area is 130 Å². The standard InChI is InChI=1S/C15H15Br2NO/c1-19-12-6-7-14(17)13(9-12)15(18)8-10-2-4-11(16)5-3-10/h2-7,9,15H,8,18H2,1H3. The largest absolute Gasteiger partial charge is 0.497 e. The Bertz CT molecular complexity index is 555. The van der Waals surface area contributed by atoms with Crippen LogP contribution in [0, 0.1) is 0 Å². The molecule has 0 aliphatic heterocycles. The summed E-state index contributed by atoms with van der Waals surface area (Å²) in [6.45, 7) is 0. The summed E-state index contributed by atoms with van der Waals surface area (Å²) in [5, 5.41) is 0. The molecule has 2 nitrogen and oxygen atoms in total. The van der Waals surface area contributed by atoms with Crippen LogP contribution in [-0.2, 0) is 6.42 Å². The van der Waals surface area contributed by atoms with Crippen molar-refractivity contribution < 1.29 is 4.74 Å². The van der Waals surface area contributed by atoms with Gasteiger partial charge in [-0.2, -0.15) is 0 Å². The third kappa shape index (κ3) is 3.81. The molecule has 0 fully saturated rings. The summed E-state index contributed by atoms with van der Waals surface area (Å²) in [6, 6.07) is 14.0. The molecular weight excluding hydrogens is 370 g/mol. The lowest BCUT2D eigenvalue weighted by atomic mass is 9.99. The van der Waals surface area contributed by atoms with Gasteiger partial charge in [0.05, 0.1) is 7.11 Å². The van der Waals surface area contributed by atoms with Crippen molar-refractivity contribution in [1.82, 2.24) is 0 Å². The average molecular weight is 385 g/mol. The SMILES string of the molecule is COc1ccc(Br)c(C(N)Cc2ccc(Br)cc2)c1. The van der Waals surface area contributed by atoms with E-state index < -0.39 is 0 Å². The van der Waals surface area contributed by atoms with Gasteiger partial charge < -0.3 is 10.5 Å². The molecule has 0 bridgehead atoms. The van der Waals surface area contributed by atoms with Gasteiger partial charge in [-0.15, -0.1) is 0 Å².